The van der Waals surface area contributed by atoms with Crippen molar-refractivity contribution in [1.82, 2.24) is 5.32 Å². The number of rotatable bonds is 7. The van der Waals surface area contributed by atoms with Crippen LogP contribution < -0.4 is 5.32 Å². The number of nitrogens with one attached hydrogen (secondary N) is 1. The average molecular weight is 472 g/mol. The van der Waals surface area contributed by atoms with Crippen molar-refractivity contribution in [1.29, 1.82) is 0 Å². The van der Waals surface area contributed by atoms with Gasteiger partial charge in [-0.1, -0.05) is 51.1 Å². The first-order valence-corrected chi connectivity index (χ1v) is 15.0. The summed E-state index contributed by atoms with van der Waals surface area (Å²) in [6.45, 7) is 10.2. The molecule has 0 radical (unpaired) electrons. The number of carboxylic acid groups (broad SMARTS) is 1. The first-order chi connectivity index (χ1) is 14.2. The second-order valence-corrected chi connectivity index (χ2v) is 16.5. The standard InChI is InChI=1S/C21H33NO7SSi/c1-21(2,3)31(4,5)29-19-16(11-18(23)24)13-30(26,27)14-17(19)22-20(25)28-12-15-9-7-6-8-10-15/h6-10,16-17,19H,11-14H2,1-5H3,(H,22,25)(H,23,24)/t16-,17+,19-/m0/s1. The fraction of sp³-hybridized carbons (Fsp3) is 0.619. The van der Waals surface area contributed by atoms with Crippen molar-refractivity contribution in [3.05, 3.63) is 35.9 Å². The van der Waals surface area contributed by atoms with Crippen LogP contribution in [0.25, 0.3) is 0 Å². The summed E-state index contributed by atoms with van der Waals surface area (Å²) in [7, 11) is -5.94. The van der Waals surface area contributed by atoms with Gasteiger partial charge in [-0.25, -0.2) is 13.2 Å². The van der Waals surface area contributed by atoms with Crippen LogP contribution in [0.5, 0.6) is 0 Å². The first kappa shape index (κ1) is 25.3. The summed E-state index contributed by atoms with van der Waals surface area (Å²) in [5, 5.41) is 11.8. The Morgan fingerprint density at radius 2 is 1.77 bits per heavy atom. The Kier molecular flexibility index (Phi) is 7.93. The predicted molar refractivity (Wildman–Crippen MR) is 120 cm³/mol. The van der Waals surface area contributed by atoms with E-state index in [4.69, 9.17) is 9.16 Å². The van der Waals surface area contributed by atoms with Gasteiger partial charge in [-0.15, -0.1) is 0 Å². The molecule has 0 spiro atoms. The van der Waals surface area contributed by atoms with Crippen LogP contribution in [0.1, 0.15) is 32.8 Å². The first-order valence-electron chi connectivity index (χ1n) is 10.3. The van der Waals surface area contributed by atoms with Crippen LogP contribution in [0.15, 0.2) is 30.3 Å². The van der Waals surface area contributed by atoms with Crippen molar-refractivity contribution in [3.8, 4) is 0 Å². The lowest BCUT2D eigenvalue weighted by Gasteiger charge is -2.45. The molecule has 1 fully saturated rings. The Balaban J connectivity index is 2.23. The zero-order valence-electron chi connectivity index (χ0n) is 18.8. The Labute approximate surface area is 185 Å². The number of carbonyl (C=O) groups is 2. The minimum absolute atomic E-state index is 0.0401. The fourth-order valence-electron chi connectivity index (χ4n) is 3.32. The molecule has 1 amide bonds. The van der Waals surface area contributed by atoms with Crippen molar-refractivity contribution in [2.45, 2.75) is 64.1 Å². The molecule has 3 atom stereocenters. The molecule has 10 heteroatoms. The van der Waals surface area contributed by atoms with Gasteiger partial charge in [0.1, 0.15) is 6.61 Å². The van der Waals surface area contributed by atoms with Crippen molar-refractivity contribution >= 4 is 30.2 Å². The quantitative estimate of drug-likeness (QED) is 0.586. The Hall–Kier alpha value is -1.91. The number of ether oxygens (including phenoxy) is 1. The average Bonchev–Trinajstić information content (AvgIpc) is 2.61. The summed E-state index contributed by atoms with van der Waals surface area (Å²) < 4.78 is 36.7. The van der Waals surface area contributed by atoms with E-state index < -0.39 is 48.3 Å². The van der Waals surface area contributed by atoms with Gasteiger partial charge in [0, 0.05) is 5.92 Å². The fourth-order valence-corrected chi connectivity index (χ4v) is 6.63. The highest BCUT2D eigenvalue weighted by Gasteiger charge is 2.48. The van der Waals surface area contributed by atoms with E-state index in [2.05, 4.69) is 5.32 Å². The largest absolute Gasteiger partial charge is 0.481 e. The number of amides is 1. The maximum atomic E-state index is 12.5. The molecule has 0 aromatic heterocycles. The van der Waals surface area contributed by atoms with Gasteiger partial charge in [0.05, 0.1) is 30.1 Å². The van der Waals surface area contributed by atoms with Crippen LogP contribution in [0.2, 0.25) is 18.1 Å². The molecule has 174 valence electrons. The summed E-state index contributed by atoms with van der Waals surface area (Å²) in [5.41, 5.74) is 0.798. The van der Waals surface area contributed by atoms with E-state index in [1.807, 2.05) is 64.2 Å². The van der Waals surface area contributed by atoms with E-state index in [1.165, 1.54) is 0 Å². The van der Waals surface area contributed by atoms with Crippen LogP contribution in [0.4, 0.5) is 4.79 Å². The molecule has 0 saturated carbocycles. The van der Waals surface area contributed by atoms with Gasteiger partial charge < -0.3 is 19.6 Å². The molecule has 1 heterocycles. The Morgan fingerprint density at radius 3 is 2.32 bits per heavy atom. The number of carboxylic acids is 1. The van der Waals surface area contributed by atoms with E-state index in [-0.39, 0.29) is 29.6 Å². The molecular weight excluding hydrogens is 438 g/mol. The van der Waals surface area contributed by atoms with Gasteiger partial charge >= 0.3 is 12.1 Å². The second-order valence-electron chi connectivity index (χ2n) is 9.59. The zero-order valence-corrected chi connectivity index (χ0v) is 20.6. The molecule has 8 nitrogen and oxygen atoms in total. The summed E-state index contributed by atoms with van der Waals surface area (Å²) in [5.74, 6) is -2.46. The number of hydrogen-bond acceptors (Lipinski definition) is 6. The van der Waals surface area contributed by atoms with Crippen molar-refractivity contribution in [2.24, 2.45) is 5.92 Å². The molecule has 1 aromatic carbocycles. The highest BCUT2D eigenvalue weighted by atomic mass is 32.2. The molecule has 1 aromatic rings. The van der Waals surface area contributed by atoms with Gasteiger partial charge in [0.2, 0.25) is 0 Å². The number of aliphatic carboxylic acids is 1. The van der Waals surface area contributed by atoms with Gasteiger partial charge in [-0.2, -0.15) is 0 Å². The molecular formula is C21H33NO7SSi. The number of carbonyl (C=O) groups excluding carboxylic acids is 1. The maximum Gasteiger partial charge on any atom is 0.407 e. The molecule has 1 aliphatic rings. The van der Waals surface area contributed by atoms with Crippen LogP contribution in [0.3, 0.4) is 0 Å². The van der Waals surface area contributed by atoms with Crippen LogP contribution >= 0.6 is 0 Å². The maximum absolute atomic E-state index is 12.5. The molecule has 2 rings (SSSR count). The molecule has 0 aliphatic carbocycles. The Bertz CT molecular complexity index is 881. The summed E-state index contributed by atoms with van der Waals surface area (Å²) in [6, 6.07) is 8.23. The lowest BCUT2D eigenvalue weighted by Crippen LogP contribution is -2.60. The topological polar surface area (TPSA) is 119 Å². The number of sulfone groups is 1. The predicted octanol–water partition coefficient (Wildman–Crippen LogP) is 3.19. The molecule has 31 heavy (non-hydrogen) atoms. The van der Waals surface area contributed by atoms with E-state index >= 15 is 0 Å². The van der Waals surface area contributed by atoms with Crippen molar-refractivity contribution in [2.75, 3.05) is 11.5 Å². The molecule has 0 unspecified atom stereocenters. The van der Waals surface area contributed by atoms with Gasteiger partial charge in [-0.3, -0.25) is 4.79 Å². The highest BCUT2D eigenvalue weighted by molar-refractivity contribution is 7.91. The third-order valence-electron chi connectivity index (χ3n) is 5.95. The summed E-state index contributed by atoms with van der Waals surface area (Å²) >= 11 is 0. The summed E-state index contributed by atoms with van der Waals surface area (Å²) in [6.07, 6.45) is -1.84. The minimum Gasteiger partial charge on any atom is -0.481 e. The van der Waals surface area contributed by atoms with E-state index in [0.29, 0.717) is 0 Å². The summed E-state index contributed by atoms with van der Waals surface area (Å²) in [4.78, 5) is 23.9. The van der Waals surface area contributed by atoms with Gasteiger partial charge in [0.25, 0.3) is 0 Å². The van der Waals surface area contributed by atoms with Crippen molar-refractivity contribution in [3.63, 3.8) is 0 Å². The minimum atomic E-state index is -3.56. The number of hydrogen-bond donors (Lipinski definition) is 2. The number of alkyl carbamates (subject to hydrolysis) is 1. The van der Waals surface area contributed by atoms with E-state index in [9.17, 15) is 23.1 Å². The molecule has 0 bridgehead atoms. The van der Waals surface area contributed by atoms with Gasteiger partial charge in [-0.05, 0) is 23.7 Å². The monoisotopic (exact) mass is 471 g/mol. The van der Waals surface area contributed by atoms with E-state index in [0.717, 1.165) is 5.56 Å². The normalized spacial score (nSPS) is 23.7. The van der Waals surface area contributed by atoms with Gasteiger partial charge in [0.15, 0.2) is 18.2 Å². The zero-order chi connectivity index (χ0) is 23.4. The van der Waals surface area contributed by atoms with Crippen LogP contribution in [0, 0.1) is 5.92 Å². The Morgan fingerprint density at radius 1 is 1.16 bits per heavy atom. The lowest BCUT2D eigenvalue weighted by molar-refractivity contribution is -0.138. The number of benzene rings is 1. The lowest BCUT2D eigenvalue weighted by atomic mass is 9.95. The third-order valence-corrected chi connectivity index (χ3v) is 12.2. The molecule has 2 N–H and O–H groups in total. The van der Waals surface area contributed by atoms with E-state index in [1.54, 1.807) is 0 Å². The van der Waals surface area contributed by atoms with Crippen LogP contribution in [-0.2, 0) is 30.4 Å². The molecule has 1 aliphatic heterocycles. The SMILES string of the molecule is CC(C)(C)[Si](C)(C)O[C@H]1[C@@H](CC(=O)O)CS(=O)(=O)C[C@H]1NC(=O)OCc1ccccc1. The smallest absolute Gasteiger partial charge is 0.407 e. The molecule has 1 saturated heterocycles. The van der Waals surface area contributed by atoms with Crippen molar-refractivity contribution < 1.29 is 32.3 Å². The van der Waals surface area contributed by atoms with Crippen LogP contribution in [-0.4, -0.2) is 57.6 Å². The second kappa shape index (κ2) is 9.70. The third kappa shape index (κ3) is 7.32. The highest BCUT2D eigenvalue weighted by Crippen LogP contribution is 2.40.